The van der Waals surface area contributed by atoms with Crippen LogP contribution in [0.4, 0.5) is 8.78 Å². The highest BCUT2D eigenvalue weighted by Crippen LogP contribution is 2.26. The molecule has 0 N–H and O–H groups in total. The maximum absolute atomic E-state index is 13.4. The molecule has 24 heavy (non-hydrogen) atoms. The Morgan fingerprint density at radius 3 is 2.17 bits per heavy atom. The largest absolute Gasteiger partial charge is 0.338 e. The third kappa shape index (κ3) is 3.47. The molecule has 0 radical (unpaired) electrons. The van der Waals surface area contributed by atoms with Gasteiger partial charge in [0, 0.05) is 32.2 Å². The first kappa shape index (κ1) is 17.0. The maximum Gasteiger partial charge on any atom is 0.243 e. The molecule has 1 aliphatic rings. The lowest BCUT2D eigenvalue weighted by Gasteiger charge is -2.39. The molecule has 0 amide bonds. The van der Waals surface area contributed by atoms with Crippen molar-refractivity contribution in [1.29, 1.82) is 0 Å². The van der Waals surface area contributed by atoms with Gasteiger partial charge in [-0.15, -0.1) is 0 Å². The Labute approximate surface area is 140 Å². The average molecular weight is 336 g/mol. The second-order valence-corrected chi connectivity index (χ2v) is 6.28. The second kappa shape index (κ2) is 6.94. The van der Waals surface area contributed by atoms with Crippen molar-refractivity contribution in [3.05, 3.63) is 47.1 Å². The van der Waals surface area contributed by atoms with Gasteiger partial charge in [-0.3, -0.25) is 9.80 Å². The number of halogens is 2. The van der Waals surface area contributed by atoms with Crippen LogP contribution in [0.2, 0.25) is 0 Å². The van der Waals surface area contributed by atoms with Crippen LogP contribution in [-0.2, 0) is 0 Å². The monoisotopic (exact) mass is 336 g/mol. The molecular weight excluding hydrogens is 314 g/mol. The molecule has 1 saturated heterocycles. The zero-order valence-electron chi connectivity index (χ0n) is 14.2. The van der Waals surface area contributed by atoms with Gasteiger partial charge in [0.2, 0.25) is 5.89 Å². The van der Waals surface area contributed by atoms with E-state index in [9.17, 15) is 8.78 Å². The topological polar surface area (TPSA) is 45.4 Å². The van der Waals surface area contributed by atoms with E-state index in [1.807, 2.05) is 6.92 Å². The van der Waals surface area contributed by atoms with Gasteiger partial charge in [0.05, 0.1) is 6.04 Å². The molecule has 130 valence electrons. The fourth-order valence-corrected chi connectivity index (χ4v) is 3.13. The molecule has 2 heterocycles. The SMILES string of the molecule is Cc1noc(C(C)N2CCN(C(C)c3ccc(F)c(F)c3)CC2)n1. The maximum atomic E-state index is 13.4. The summed E-state index contributed by atoms with van der Waals surface area (Å²) in [7, 11) is 0. The fourth-order valence-electron chi connectivity index (χ4n) is 3.13. The van der Waals surface area contributed by atoms with Gasteiger partial charge in [-0.1, -0.05) is 11.2 Å². The smallest absolute Gasteiger partial charge is 0.243 e. The standard InChI is InChI=1S/C17H22F2N4O/c1-11(14-4-5-15(18)16(19)10-14)22-6-8-23(9-7-22)12(2)17-20-13(3)21-24-17/h4-5,10-12H,6-9H2,1-3H3. The summed E-state index contributed by atoms with van der Waals surface area (Å²) in [6.45, 7) is 9.29. The second-order valence-electron chi connectivity index (χ2n) is 6.28. The zero-order valence-corrected chi connectivity index (χ0v) is 14.2. The quantitative estimate of drug-likeness (QED) is 0.858. The lowest BCUT2D eigenvalue weighted by atomic mass is 10.1. The third-order valence-electron chi connectivity index (χ3n) is 4.77. The Kier molecular flexibility index (Phi) is 4.91. The van der Waals surface area contributed by atoms with Crippen LogP contribution in [0.5, 0.6) is 0 Å². The van der Waals surface area contributed by atoms with Gasteiger partial charge in [0.15, 0.2) is 17.5 Å². The van der Waals surface area contributed by atoms with E-state index in [1.165, 1.54) is 12.1 Å². The molecule has 1 aliphatic heterocycles. The van der Waals surface area contributed by atoms with Crippen LogP contribution in [0.15, 0.2) is 22.7 Å². The van der Waals surface area contributed by atoms with Crippen LogP contribution in [0.25, 0.3) is 0 Å². The Bertz CT molecular complexity index is 698. The fraction of sp³-hybridized carbons (Fsp3) is 0.529. The first-order chi connectivity index (χ1) is 11.5. The molecule has 0 spiro atoms. The molecular formula is C17H22F2N4O. The van der Waals surface area contributed by atoms with Gasteiger partial charge >= 0.3 is 0 Å². The summed E-state index contributed by atoms with van der Waals surface area (Å²) < 4.78 is 31.8. The van der Waals surface area contributed by atoms with Crippen LogP contribution in [0.3, 0.4) is 0 Å². The molecule has 2 atom stereocenters. The molecule has 0 aliphatic carbocycles. The molecule has 7 heteroatoms. The van der Waals surface area contributed by atoms with E-state index in [-0.39, 0.29) is 12.1 Å². The first-order valence-corrected chi connectivity index (χ1v) is 8.19. The number of aromatic nitrogens is 2. The van der Waals surface area contributed by atoms with Crippen molar-refractivity contribution in [1.82, 2.24) is 19.9 Å². The van der Waals surface area contributed by atoms with E-state index in [1.54, 1.807) is 13.0 Å². The van der Waals surface area contributed by atoms with E-state index in [2.05, 4.69) is 26.9 Å². The highest BCUT2D eigenvalue weighted by Gasteiger charge is 2.27. The summed E-state index contributed by atoms with van der Waals surface area (Å²) in [5.74, 6) is -0.324. The predicted molar refractivity (Wildman–Crippen MR) is 85.4 cm³/mol. The van der Waals surface area contributed by atoms with Crippen molar-refractivity contribution in [3.63, 3.8) is 0 Å². The van der Waals surface area contributed by atoms with E-state index >= 15 is 0 Å². The van der Waals surface area contributed by atoms with Crippen LogP contribution < -0.4 is 0 Å². The van der Waals surface area contributed by atoms with Crippen LogP contribution >= 0.6 is 0 Å². The minimum atomic E-state index is -0.806. The first-order valence-electron chi connectivity index (χ1n) is 8.19. The number of nitrogens with zero attached hydrogens (tertiary/aromatic N) is 4. The summed E-state index contributed by atoms with van der Waals surface area (Å²) in [5, 5.41) is 3.84. The van der Waals surface area contributed by atoms with E-state index < -0.39 is 11.6 Å². The highest BCUT2D eigenvalue weighted by molar-refractivity contribution is 5.21. The molecule has 5 nitrogen and oxygen atoms in total. The van der Waals surface area contributed by atoms with Gasteiger partial charge < -0.3 is 4.52 Å². The van der Waals surface area contributed by atoms with Gasteiger partial charge in [0.1, 0.15) is 0 Å². The van der Waals surface area contributed by atoms with Crippen LogP contribution in [-0.4, -0.2) is 46.1 Å². The molecule has 2 aromatic rings. The number of benzene rings is 1. The number of hydrogen-bond donors (Lipinski definition) is 0. The van der Waals surface area contributed by atoms with Gasteiger partial charge in [-0.2, -0.15) is 4.98 Å². The van der Waals surface area contributed by atoms with Gasteiger partial charge in [-0.05, 0) is 38.5 Å². The predicted octanol–water partition coefficient (Wildman–Crippen LogP) is 3.10. The molecule has 0 bridgehead atoms. The van der Waals surface area contributed by atoms with Crippen molar-refractivity contribution < 1.29 is 13.3 Å². The van der Waals surface area contributed by atoms with Gasteiger partial charge in [-0.25, -0.2) is 8.78 Å². The minimum absolute atomic E-state index is 0.0446. The van der Waals surface area contributed by atoms with E-state index in [0.717, 1.165) is 31.7 Å². The van der Waals surface area contributed by atoms with E-state index in [4.69, 9.17) is 4.52 Å². The lowest BCUT2D eigenvalue weighted by molar-refractivity contribution is 0.0676. The number of hydrogen-bond acceptors (Lipinski definition) is 5. The minimum Gasteiger partial charge on any atom is -0.338 e. The van der Waals surface area contributed by atoms with Crippen molar-refractivity contribution >= 4 is 0 Å². The summed E-state index contributed by atoms with van der Waals surface area (Å²) in [4.78, 5) is 8.86. The van der Waals surface area contributed by atoms with E-state index in [0.29, 0.717) is 11.7 Å². The lowest BCUT2D eigenvalue weighted by Crippen LogP contribution is -2.47. The van der Waals surface area contributed by atoms with Crippen molar-refractivity contribution in [3.8, 4) is 0 Å². The highest BCUT2D eigenvalue weighted by atomic mass is 19.2. The summed E-state index contributed by atoms with van der Waals surface area (Å²) in [5.41, 5.74) is 0.794. The van der Waals surface area contributed by atoms with Crippen molar-refractivity contribution in [2.24, 2.45) is 0 Å². The molecule has 2 unspecified atom stereocenters. The molecule has 0 saturated carbocycles. The third-order valence-corrected chi connectivity index (χ3v) is 4.77. The number of rotatable bonds is 4. The Morgan fingerprint density at radius 2 is 1.62 bits per heavy atom. The summed E-state index contributed by atoms with van der Waals surface area (Å²) >= 11 is 0. The zero-order chi connectivity index (χ0) is 17.3. The summed E-state index contributed by atoms with van der Waals surface area (Å²) in [6, 6.07) is 4.25. The molecule has 3 rings (SSSR count). The Hall–Kier alpha value is -1.86. The summed E-state index contributed by atoms with van der Waals surface area (Å²) in [6.07, 6.45) is 0. The molecule has 1 aromatic carbocycles. The number of piperazine rings is 1. The van der Waals surface area contributed by atoms with Crippen molar-refractivity contribution in [2.45, 2.75) is 32.9 Å². The Balaban J connectivity index is 1.61. The normalized spacial score (nSPS) is 19.4. The number of aryl methyl sites for hydroxylation is 1. The van der Waals surface area contributed by atoms with Crippen LogP contribution in [0.1, 0.15) is 43.2 Å². The van der Waals surface area contributed by atoms with Crippen molar-refractivity contribution in [2.75, 3.05) is 26.2 Å². The van der Waals surface area contributed by atoms with Gasteiger partial charge in [0.25, 0.3) is 0 Å². The molecule has 1 aromatic heterocycles. The average Bonchev–Trinajstić information content (AvgIpc) is 3.02. The van der Waals surface area contributed by atoms with Crippen LogP contribution in [0, 0.1) is 18.6 Å². The Morgan fingerprint density at radius 1 is 1.00 bits per heavy atom. The molecule has 1 fully saturated rings.